The first-order valence-corrected chi connectivity index (χ1v) is 10.1. The number of hydrazone groups is 1. The average Bonchev–Trinajstić information content (AvgIpc) is 2.77. The molecule has 2 N–H and O–H groups in total. The summed E-state index contributed by atoms with van der Waals surface area (Å²) < 4.78 is 9.94. The van der Waals surface area contributed by atoms with Crippen LogP contribution >= 0.6 is 0 Å². The second kappa shape index (κ2) is 12.4. The first-order chi connectivity index (χ1) is 14.9. The number of ketones is 1. The zero-order valence-corrected chi connectivity index (χ0v) is 17.4. The van der Waals surface area contributed by atoms with Crippen molar-refractivity contribution in [1.29, 1.82) is 0 Å². The summed E-state index contributed by atoms with van der Waals surface area (Å²) in [5.74, 6) is -1.24. The number of aliphatic carboxylic acids is 1. The second-order valence-electron chi connectivity index (χ2n) is 6.92. The van der Waals surface area contributed by atoms with E-state index in [0.717, 1.165) is 0 Å². The molecule has 0 bridgehead atoms. The molecule has 0 aromatic heterocycles. The predicted molar refractivity (Wildman–Crippen MR) is 111 cm³/mol. The number of carboxylic acid groups (broad SMARTS) is 1. The summed E-state index contributed by atoms with van der Waals surface area (Å²) in [6.45, 7) is 2.59. The number of carbonyl (C=O) groups is 4. The molecule has 0 unspecified atom stereocenters. The van der Waals surface area contributed by atoms with E-state index in [0.29, 0.717) is 37.1 Å². The van der Waals surface area contributed by atoms with Crippen LogP contribution in [0.2, 0.25) is 0 Å². The quantitative estimate of drug-likeness (QED) is 0.326. The number of ether oxygens (including phenoxy) is 2. The highest BCUT2D eigenvalue weighted by molar-refractivity contribution is 5.98. The van der Waals surface area contributed by atoms with Crippen molar-refractivity contribution in [1.82, 2.24) is 10.3 Å². The van der Waals surface area contributed by atoms with Gasteiger partial charge in [0, 0.05) is 31.5 Å². The maximum atomic E-state index is 12.4. The van der Waals surface area contributed by atoms with Gasteiger partial charge in [0.05, 0.1) is 18.9 Å². The lowest BCUT2D eigenvalue weighted by molar-refractivity contribution is -0.146. The predicted octanol–water partition coefficient (Wildman–Crippen LogP) is 1.82. The molecule has 31 heavy (non-hydrogen) atoms. The standard InChI is InChI=1S/C21H27N3O7/c1-2-30-21(29)23-22-13-15-3-5-16(6-4-15)18(25)7-8-19(26)24-11-9-17(10-12-24)31-14-20(27)28/h3-6,13,17H,2,7-12,14H2,1H3,(H,23,29)(H,27,28). The zero-order valence-electron chi connectivity index (χ0n) is 17.4. The Kier molecular flexibility index (Phi) is 9.63. The van der Waals surface area contributed by atoms with Gasteiger partial charge in [-0.05, 0) is 25.3 Å². The van der Waals surface area contributed by atoms with Gasteiger partial charge in [-0.2, -0.15) is 5.10 Å². The number of amides is 2. The minimum atomic E-state index is -1.01. The molecule has 1 saturated heterocycles. The number of likely N-dealkylation sites (tertiary alicyclic amines) is 1. The summed E-state index contributed by atoms with van der Waals surface area (Å²) in [7, 11) is 0. The number of carbonyl (C=O) groups excluding carboxylic acids is 3. The Labute approximate surface area is 180 Å². The number of carboxylic acids is 1. The molecule has 1 aromatic carbocycles. The molecule has 1 aromatic rings. The van der Waals surface area contributed by atoms with Gasteiger partial charge in [-0.1, -0.05) is 24.3 Å². The van der Waals surface area contributed by atoms with E-state index in [2.05, 4.69) is 15.3 Å². The molecule has 2 rings (SSSR count). The smallest absolute Gasteiger partial charge is 0.427 e. The summed E-state index contributed by atoms with van der Waals surface area (Å²) in [6, 6.07) is 6.66. The number of rotatable bonds is 10. The van der Waals surface area contributed by atoms with E-state index >= 15 is 0 Å². The van der Waals surface area contributed by atoms with Crippen molar-refractivity contribution in [2.45, 2.75) is 38.7 Å². The molecule has 10 nitrogen and oxygen atoms in total. The third kappa shape index (κ3) is 8.55. The number of hydrogen-bond acceptors (Lipinski definition) is 7. The third-order valence-electron chi connectivity index (χ3n) is 4.68. The van der Waals surface area contributed by atoms with Crippen LogP contribution in [0.3, 0.4) is 0 Å². The number of nitrogens with one attached hydrogen (secondary N) is 1. The van der Waals surface area contributed by atoms with E-state index in [9.17, 15) is 19.2 Å². The molecule has 1 fully saturated rings. The largest absolute Gasteiger partial charge is 0.480 e. The van der Waals surface area contributed by atoms with E-state index in [1.54, 1.807) is 36.1 Å². The molecule has 0 atom stereocenters. The first kappa shape index (κ1) is 24.0. The van der Waals surface area contributed by atoms with E-state index in [1.165, 1.54) is 6.21 Å². The van der Waals surface area contributed by atoms with Gasteiger partial charge < -0.3 is 19.5 Å². The molecule has 2 amide bonds. The van der Waals surface area contributed by atoms with Crippen molar-refractivity contribution < 1.29 is 33.8 Å². The van der Waals surface area contributed by atoms with Gasteiger partial charge in [0.25, 0.3) is 0 Å². The molecule has 1 heterocycles. The molecular weight excluding hydrogens is 406 g/mol. The van der Waals surface area contributed by atoms with E-state index in [-0.39, 0.29) is 43.8 Å². The highest BCUT2D eigenvalue weighted by Crippen LogP contribution is 2.16. The molecule has 168 valence electrons. The van der Waals surface area contributed by atoms with Gasteiger partial charge in [-0.25, -0.2) is 15.0 Å². The summed E-state index contributed by atoms with van der Waals surface area (Å²) in [5, 5.41) is 12.4. The Balaban J connectivity index is 1.73. The number of benzene rings is 1. The molecule has 0 radical (unpaired) electrons. The molecule has 0 spiro atoms. The van der Waals surface area contributed by atoms with Crippen LogP contribution in [0.25, 0.3) is 0 Å². The van der Waals surface area contributed by atoms with Gasteiger partial charge in [-0.3, -0.25) is 9.59 Å². The van der Waals surface area contributed by atoms with Crippen LogP contribution in [-0.4, -0.2) is 72.4 Å². The maximum Gasteiger partial charge on any atom is 0.427 e. The van der Waals surface area contributed by atoms with Gasteiger partial charge in [0.15, 0.2) is 5.78 Å². The maximum absolute atomic E-state index is 12.4. The number of nitrogens with zero attached hydrogens (tertiary/aromatic N) is 2. The highest BCUT2D eigenvalue weighted by atomic mass is 16.5. The minimum absolute atomic E-state index is 0.0983. The topological polar surface area (TPSA) is 135 Å². The summed E-state index contributed by atoms with van der Waals surface area (Å²) >= 11 is 0. The number of piperidine rings is 1. The van der Waals surface area contributed by atoms with Crippen LogP contribution in [0.5, 0.6) is 0 Å². The lowest BCUT2D eigenvalue weighted by Crippen LogP contribution is -2.41. The van der Waals surface area contributed by atoms with Crippen molar-refractivity contribution in [2.24, 2.45) is 5.10 Å². The molecule has 1 aliphatic rings. The lowest BCUT2D eigenvalue weighted by atomic mass is 10.0. The molecule has 1 aliphatic heterocycles. The van der Waals surface area contributed by atoms with Crippen molar-refractivity contribution >= 4 is 30.0 Å². The highest BCUT2D eigenvalue weighted by Gasteiger charge is 2.24. The van der Waals surface area contributed by atoms with Crippen LogP contribution in [0, 0.1) is 0 Å². The van der Waals surface area contributed by atoms with Crippen molar-refractivity contribution in [3.8, 4) is 0 Å². The Hall–Kier alpha value is -3.27. The van der Waals surface area contributed by atoms with Gasteiger partial charge in [-0.15, -0.1) is 0 Å². The van der Waals surface area contributed by atoms with Crippen LogP contribution in [-0.2, 0) is 19.1 Å². The van der Waals surface area contributed by atoms with E-state index in [1.807, 2.05) is 0 Å². The van der Waals surface area contributed by atoms with E-state index in [4.69, 9.17) is 9.84 Å². The summed E-state index contributed by atoms with van der Waals surface area (Å²) in [5.41, 5.74) is 3.40. The van der Waals surface area contributed by atoms with Crippen LogP contribution in [0.15, 0.2) is 29.4 Å². The lowest BCUT2D eigenvalue weighted by Gasteiger charge is -2.31. The fourth-order valence-corrected chi connectivity index (χ4v) is 3.06. The molecular formula is C21H27N3O7. The van der Waals surface area contributed by atoms with Crippen LogP contribution in [0.4, 0.5) is 4.79 Å². The minimum Gasteiger partial charge on any atom is -0.480 e. The van der Waals surface area contributed by atoms with Crippen molar-refractivity contribution in [2.75, 3.05) is 26.3 Å². The van der Waals surface area contributed by atoms with Gasteiger partial charge in [0.2, 0.25) is 5.91 Å². The van der Waals surface area contributed by atoms with Crippen molar-refractivity contribution in [3.63, 3.8) is 0 Å². The fourth-order valence-electron chi connectivity index (χ4n) is 3.06. The Morgan fingerprint density at radius 1 is 1.16 bits per heavy atom. The number of Topliss-reactive ketones (excluding diaryl/α,β-unsaturated/α-hetero) is 1. The summed E-state index contributed by atoms with van der Waals surface area (Å²) in [6.07, 6.45) is 2.02. The summed E-state index contributed by atoms with van der Waals surface area (Å²) in [4.78, 5) is 48.1. The number of hydrogen-bond donors (Lipinski definition) is 2. The van der Waals surface area contributed by atoms with Crippen molar-refractivity contribution in [3.05, 3.63) is 35.4 Å². The normalized spacial score (nSPS) is 14.4. The van der Waals surface area contributed by atoms with Gasteiger partial charge >= 0.3 is 12.1 Å². The average molecular weight is 433 g/mol. The molecule has 0 saturated carbocycles. The monoisotopic (exact) mass is 433 g/mol. The zero-order chi connectivity index (χ0) is 22.6. The van der Waals surface area contributed by atoms with Gasteiger partial charge in [0.1, 0.15) is 6.61 Å². The molecule has 0 aliphatic carbocycles. The Morgan fingerprint density at radius 3 is 2.45 bits per heavy atom. The Bertz CT molecular complexity index is 800. The second-order valence-corrected chi connectivity index (χ2v) is 6.92. The third-order valence-corrected chi connectivity index (χ3v) is 4.68. The molecule has 10 heteroatoms. The Morgan fingerprint density at radius 2 is 1.84 bits per heavy atom. The van der Waals surface area contributed by atoms with Crippen LogP contribution < -0.4 is 5.43 Å². The fraction of sp³-hybridized carbons (Fsp3) is 0.476. The van der Waals surface area contributed by atoms with Crippen LogP contribution in [0.1, 0.15) is 48.5 Å². The first-order valence-electron chi connectivity index (χ1n) is 10.1. The SMILES string of the molecule is CCOC(=O)NN=Cc1ccc(C(=O)CCC(=O)N2CCC(OCC(=O)O)CC2)cc1. The van der Waals surface area contributed by atoms with E-state index < -0.39 is 12.1 Å².